The van der Waals surface area contributed by atoms with Crippen molar-refractivity contribution in [1.29, 1.82) is 0 Å². The maximum Gasteiger partial charge on any atom is 0.266 e. The molecule has 0 fully saturated rings. The zero-order valence-electron chi connectivity index (χ0n) is 19.2. The van der Waals surface area contributed by atoms with Crippen molar-refractivity contribution >= 4 is 28.4 Å². The molecule has 0 saturated carbocycles. The van der Waals surface area contributed by atoms with E-state index in [0.717, 1.165) is 0 Å². The predicted molar refractivity (Wildman–Crippen MR) is 127 cm³/mol. The first-order valence-corrected chi connectivity index (χ1v) is 11.2. The average Bonchev–Trinajstić information content (AvgIpc) is 2.72. The number of rotatable bonds is 6. The summed E-state index contributed by atoms with van der Waals surface area (Å²) in [6, 6.07) is 10.8. The Bertz CT molecular complexity index is 1200. The number of para-hydroxylation sites is 1. The van der Waals surface area contributed by atoms with E-state index < -0.39 is 11.9 Å². The molecule has 7 heteroatoms. The Kier molecular flexibility index (Phi) is 7.03. The van der Waals surface area contributed by atoms with Gasteiger partial charge in [0.15, 0.2) is 0 Å². The van der Waals surface area contributed by atoms with Crippen LogP contribution in [0.4, 0.5) is 4.39 Å². The van der Waals surface area contributed by atoms with Gasteiger partial charge >= 0.3 is 0 Å². The summed E-state index contributed by atoms with van der Waals surface area (Å²) in [7, 11) is 0. The first kappa shape index (κ1) is 23.9. The molecule has 0 spiro atoms. The topological polar surface area (TPSA) is 55.2 Å². The van der Waals surface area contributed by atoms with Crippen molar-refractivity contribution < 1.29 is 9.18 Å². The second kappa shape index (κ2) is 9.41. The standard InChI is InChI=1S/C25H29ClFN3O2/c1-6-21(29(7-2)22(31)15-25(3,4)5)23-28-20-11-9-8-10-17(20)24(32)30(23)16-12-13-19(27)18(26)14-16/h8-14,21H,6-7,15H2,1-5H3. The van der Waals surface area contributed by atoms with E-state index in [4.69, 9.17) is 16.6 Å². The third-order valence-corrected chi connectivity index (χ3v) is 5.66. The van der Waals surface area contributed by atoms with Crippen LogP contribution >= 0.6 is 11.6 Å². The normalized spacial score (nSPS) is 12.7. The molecule has 1 amide bonds. The molecule has 0 aliphatic rings. The van der Waals surface area contributed by atoms with Crippen LogP contribution in [-0.2, 0) is 4.79 Å². The molecule has 0 aliphatic heterocycles. The molecule has 170 valence electrons. The largest absolute Gasteiger partial charge is 0.333 e. The van der Waals surface area contributed by atoms with E-state index >= 15 is 0 Å². The Morgan fingerprint density at radius 1 is 1.19 bits per heavy atom. The van der Waals surface area contributed by atoms with Gasteiger partial charge in [-0.25, -0.2) is 9.37 Å². The SMILES string of the molecule is CCC(c1nc2ccccc2c(=O)n1-c1ccc(F)c(Cl)c1)N(CC)C(=O)CC(C)(C)C. The predicted octanol–water partition coefficient (Wildman–Crippen LogP) is 5.91. The van der Waals surface area contributed by atoms with Crippen LogP contribution in [0, 0.1) is 11.2 Å². The Hall–Kier alpha value is -2.73. The summed E-state index contributed by atoms with van der Waals surface area (Å²) in [6.07, 6.45) is 0.932. The van der Waals surface area contributed by atoms with Gasteiger partial charge in [0.25, 0.3) is 5.56 Å². The van der Waals surface area contributed by atoms with Gasteiger partial charge in [-0.1, -0.05) is 51.4 Å². The third kappa shape index (κ3) is 4.85. The van der Waals surface area contributed by atoms with Crippen LogP contribution in [0.3, 0.4) is 0 Å². The summed E-state index contributed by atoms with van der Waals surface area (Å²) in [5.74, 6) is -0.137. The fraction of sp³-hybridized carbons (Fsp3) is 0.400. The molecular weight excluding hydrogens is 429 g/mol. The molecule has 1 unspecified atom stereocenters. The van der Waals surface area contributed by atoms with Gasteiger partial charge in [-0.3, -0.25) is 14.2 Å². The number of halogens is 2. The highest BCUT2D eigenvalue weighted by atomic mass is 35.5. The number of fused-ring (bicyclic) bond motifs is 1. The minimum Gasteiger partial charge on any atom is -0.333 e. The van der Waals surface area contributed by atoms with Gasteiger partial charge in [0, 0.05) is 13.0 Å². The summed E-state index contributed by atoms with van der Waals surface area (Å²) in [4.78, 5) is 33.3. The van der Waals surface area contributed by atoms with Crippen LogP contribution in [-0.4, -0.2) is 26.9 Å². The molecule has 1 aromatic heterocycles. The number of hydrogen-bond donors (Lipinski definition) is 0. The van der Waals surface area contributed by atoms with Crippen molar-refractivity contribution in [1.82, 2.24) is 14.5 Å². The third-order valence-electron chi connectivity index (χ3n) is 5.37. The van der Waals surface area contributed by atoms with Crippen molar-refractivity contribution in [3.63, 3.8) is 0 Å². The minimum atomic E-state index is -0.568. The second-order valence-corrected chi connectivity index (χ2v) is 9.47. The van der Waals surface area contributed by atoms with Crippen molar-refractivity contribution in [2.75, 3.05) is 6.54 Å². The summed E-state index contributed by atoms with van der Waals surface area (Å²) >= 11 is 6.04. The summed E-state index contributed by atoms with van der Waals surface area (Å²) in [6.45, 7) is 10.4. The van der Waals surface area contributed by atoms with Crippen molar-refractivity contribution in [3.05, 3.63) is 69.5 Å². The quantitative estimate of drug-likeness (QED) is 0.462. The molecule has 2 aromatic carbocycles. The molecule has 0 N–H and O–H groups in total. The van der Waals surface area contributed by atoms with E-state index in [-0.39, 0.29) is 21.9 Å². The van der Waals surface area contributed by atoms with Crippen molar-refractivity contribution in [3.8, 4) is 5.69 Å². The number of carbonyl (C=O) groups excluding carboxylic acids is 1. The highest BCUT2D eigenvalue weighted by Gasteiger charge is 2.30. The molecule has 32 heavy (non-hydrogen) atoms. The molecular formula is C25H29ClFN3O2. The first-order chi connectivity index (χ1) is 15.1. The summed E-state index contributed by atoms with van der Waals surface area (Å²) < 4.78 is 15.3. The zero-order valence-corrected chi connectivity index (χ0v) is 19.9. The van der Waals surface area contributed by atoms with Gasteiger partial charge < -0.3 is 4.90 Å². The molecule has 1 heterocycles. The molecule has 3 aromatic rings. The lowest BCUT2D eigenvalue weighted by Crippen LogP contribution is -2.39. The van der Waals surface area contributed by atoms with Crippen molar-refractivity contribution in [2.45, 2.75) is 53.5 Å². The summed E-state index contributed by atoms with van der Waals surface area (Å²) in [5, 5.41) is 0.355. The Morgan fingerprint density at radius 3 is 2.47 bits per heavy atom. The zero-order chi connectivity index (χ0) is 23.6. The van der Waals surface area contributed by atoms with Crippen LogP contribution in [0.1, 0.15) is 59.3 Å². The van der Waals surface area contributed by atoms with Crippen LogP contribution in [0.15, 0.2) is 47.3 Å². The summed E-state index contributed by atoms with van der Waals surface area (Å²) in [5.41, 5.74) is 0.497. The molecule has 0 bridgehead atoms. The van der Waals surface area contributed by atoms with E-state index in [9.17, 15) is 14.0 Å². The lowest BCUT2D eigenvalue weighted by atomic mass is 9.91. The number of aromatic nitrogens is 2. The van der Waals surface area contributed by atoms with Gasteiger partial charge in [-0.15, -0.1) is 0 Å². The molecule has 0 radical (unpaired) electrons. The molecule has 0 aliphatic carbocycles. The van der Waals surface area contributed by atoms with E-state index in [2.05, 4.69) is 0 Å². The number of hydrogen-bond acceptors (Lipinski definition) is 3. The van der Waals surface area contributed by atoms with Gasteiger partial charge in [0.2, 0.25) is 5.91 Å². The van der Waals surface area contributed by atoms with E-state index in [1.165, 1.54) is 22.8 Å². The van der Waals surface area contributed by atoms with Gasteiger partial charge in [0.05, 0.1) is 27.7 Å². The fourth-order valence-electron chi connectivity index (χ4n) is 3.92. The monoisotopic (exact) mass is 457 g/mol. The maximum atomic E-state index is 13.9. The molecule has 1 atom stereocenters. The molecule has 3 rings (SSSR count). The Morgan fingerprint density at radius 2 is 1.88 bits per heavy atom. The van der Waals surface area contributed by atoms with Gasteiger partial charge in [-0.2, -0.15) is 0 Å². The average molecular weight is 458 g/mol. The lowest BCUT2D eigenvalue weighted by molar-refractivity contribution is -0.135. The Labute approximate surface area is 192 Å². The van der Waals surface area contributed by atoms with Gasteiger partial charge in [0.1, 0.15) is 11.6 Å². The van der Waals surface area contributed by atoms with E-state index in [1.807, 2.05) is 40.7 Å². The van der Waals surface area contributed by atoms with Crippen LogP contribution in [0.2, 0.25) is 5.02 Å². The molecule has 5 nitrogen and oxygen atoms in total. The fourth-order valence-corrected chi connectivity index (χ4v) is 4.09. The second-order valence-electron chi connectivity index (χ2n) is 9.07. The molecule has 0 saturated heterocycles. The van der Waals surface area contributed by atoms with Crippen molar-refractivity contribution in [2.24, 2.45) is 5.41 Å². The minimum absolute atomic E-state index is 0.00190. The number of carbonyl (C=O) groups is 1. The van der Waals surface area contributed by atoms with Gasteiger partial charge in [-0.05, 0) is 49.1 Å². The smallest absolute Gasteiger partial charge is 0.266 e. The van der Waals surface area contributed by atoms with Crippen LogP contribution in [0.5, 0.6) is 0 Å². The lowest BCUT2D eigenvalue weighted by Gasteiger charge is -2.33. The van der Waals surface area contributed by atoms with Crippen LogP contribution < -0.4 is 5.56 Å². The number of benzene rings is 2. The maximum absolute atomic E-state index is 13.9. The highest BCUT2D eigenvalue weighted by molar-refractivity contribution is 6.30. The highest BCUT2D eigenvalue weighted by Crippen LogP contribution is 2.29. The first-order valence-electron chi connectivity index (χ1n) is 10.8. The Balaban J connectivity index is 2.28. The van der Waals surface area contributed by atoms with E-state index in [0.29, 0.717) is 41.8 Å². The van der Waals surface area contributed by atoms with E-state index in [1.54, 1.807) is 23.1 Å². The van der Waals surface area contributed by atoms with Crippen LogP contribution in [0.25, 0.3) is 16.6 Å². The number of nitrogens with zero attached hydrogens (tertiary/aromatic N) is 3. The number of amides is 1.